The van der Waals surface area contributed by atoms with Gasteiger partial charge in [0.25, 0.3) is 0 Å². The molecule has 2 aromatic rings. The maximum atomic E-state index is 5.77. The summed E-state index contributed by atoms with van der Waals surface area (Å²) >= 11 is 7.18. The normalized spacial score (nSPS) is 10.3. The number of benzene rings is 1. The van der Waals surface area contributed by atoms with E-state index in [1.807, 2.05) is 31.2 Å². The lowest BCUT2D eigenvalue weighted by Gasteiger charge is -1.93. The smallest absolute Gasteiger partial charge is 0.144 e. The summed E-state index contributed by atoms with van der Waals surface area (Å²) in [7, 11) is 0. The van der Waals surface area contributed by atoms with Gasteiger partial charge >= 0.3 is 0 Å². The number of nitrogens with zero attached hydrogens (tertiary/aromatic N) is 2. The molecule has 0 unspecified atom stereocenters. The first-order chi connectivity index (χ1) is 6.25. The van der Waals surface area contributed by atoms with E-state index >= 15 is 0 Å². The number of aromatic nitrogens is 2. The Balaban J connectivity index is 2.41. The summed E-state index contributed by atoms with van der Waals surface area (Å²) in [6.07, 6.45) is 0. The van der Waals surface area contributed by atoms with Crippen LogP contribution in [0.3, 0.4) is 0 Å². The van der Waals surface area contributed by atoms with Crippen LogP contribution in [0.1, 0.15) is 5.82 Å². The zero-order valence-corrected chi connectivity index (χ0v) is 8.56. The molecule has 0 saturated carbocycles. The van der Waals surface area contributed by atoms with E-state index < -0.39 is 0 Å². The molecule has 1 heterocycles. The molecule has 0 fully saturated rings. The molecule has 0 amide bonds. The van der Waals surface area contributed by atoms with Gasteiger partial charge in [0.1, 0.15) is 10.8 Å². The lowest BCUT2D eigenvalue weighted by molar-refractivity contribution is 1.17. The third-order valence-electron chi connectivity index (χ3n) is 1.62. The Bertz CT molecular complexity index is 408. The Kier molecular flexibility index (Phi) is 2.29. The molecule has 0 spiro atoms. The van der Waals surface area contributed by atoms with Crippen molar-refractivity contribution in [1.82, 2.24) is 9.36 Å². The highest BCUT2D eigenvalue weighted by molar-refractivity contribution is 7.09. The molecule has 0 aliphatic carbocycles. The molecule has 0 atom stereocenters. The van der Waals surface area contributed by atoms with Gasteiger partial charge in [-0.05, 0) is 30.6 Å². The minimum Gasteiger partial charge on any atom is -0.220 e. The van der Waals surface area contributed by atoms with E-state index in [0.717, 1.165) is 21.4 Å². The van der Waals surface area contributed by atoms with Gasteiger partial charge in [0, 0.05) is 10.6 Å². The zero-order chi connectivity index (χ0) is 9.26. The first kappa shape index (κ1) is 8.66. The first-order valence-corrected chi connectivity index (χ1v) is 4.97. The van der Waals surface area contributed by atoms with E-state index in [4.69, 9.17) is 11.6 Å². The van der Waals surface area contributed by atoms with Gasteiger partial charge in [0.05, 0.1) is 0 Å². The van der Waals surface area contributed by atoms with Gasteiger partial charge in [0.15, 0.2) is 0 Å². The van der Waals surface area contributed by atoms with Crippen LogP contribution in [0.25, 0.3) is 10.6 Å². The molecule has 2 rings (SSSR count). The van der Waals surface area contributed by atoms with Crippen LogP contribution in [0.5, 0.6) is 0 Å². The molecule has 1 aromatic carbocycles. The van der Waals surface area contributed by atoms with Gasteiger partial charge in [-0.3, -0.25) is 0 Å². The third kappa shape index (κ3) is 1.87. The fraction of sp³-hybridized carbons (Fsp3) is 0.111. The molecule has 0 radical (unpaired) electrons. The van der Waals surface area contributed by atoms with Crippen molar-refractivity contribution < 1.29 is 0 Å². The van der Waals surface area contributed by atoms with Crippen LogP contribution in [-0.4, -0.2) is 9.36 Å². The summed E-state index contributed by atoms with van der Waals surface area (Å²) in [5.74, 6) is 0.815. The molecule has 13 heavy (non-hydrogen) atoms. The van der Waals surface area contributed by atoms with E-state index in [1.165, 1.54) is 11.5 Å². The van der Waals surface area contributed by atoms with Gasteiger partial charge in [-0.1, -0.05) is 23.7 Å². The topological polar surface area (TPSA) is 25.8 Å². The van der Waals surface area contributed by atoms with Crippen LogP contribution in [0.2, 0.25) is 5.02 Å². The molecular formula is C9H7ClN2S. The van der Waals surface area contributed by atoms with Crippen molar-refractivity contribution in [1.29, 1.82) is 0 Å². The number of aryl methyl sites for hydroxylation is 1. The summed E-state index contributed by atoms with van der Waals surface area (Å²) in [5, 5.41) is 1.68. The van der Waals surface area contributed by atoms with Gasteiger partial charge < -0.3 is 0 Å². The monoisotopic (exact) mass is 210 g/mol. The van der Waals surface area contributed by atoms with Gasteiger partial charge in [-0.25, -0.2) is 4.98 Å². The van der Waals surface area contributed by atoms with E-state index in [1.54, 1.807) is 0 Å². The molecule has 2 nitrogen and oxygen atoms in total. The van der Waals surface area contributed by atoms with E-state index in [0.29, 0.717) is 0 Å². The molecular weight excluding hydrogens is 204 g/mol. The molecule has 0 saturated heterocycles. The lowest BCUT2D eigenvalue weighted by Crippen LogP contribution is -1.76. The molecule has 4 heteroatoms. The second-order valence-corrected chi connectivity index (χ2v) is 3.84. The molecule has 1 aromatic heterocycles. The van der Waals surface area contributed by atoms with Crippen LogP contribution in [-0.2, 0) is 0 Å². The molecule has 0 aliphatic heterocycles. The van der Waals surface area contributed by atoms with Crippen molar-refractivity contribution in [3.63, 3.8) is 0 Å². The lowest BCUT2D eigenvalue weighted by atomic mass is 10.2. The maximum Gasteiger partial charge on any atom is 0.144 e. The van der Waals surface area contributed by atoms with Crippen molar-refractivity contribution in [3.05, 3.63) is 35.1 Å². The van der Waals surface area contributed by atoms with Gasteiger partial charge in [-0.2, -0.15) is 4.37 Å². The summed E-state index contributed by atoms with van der Waals surface area (Å²) < 4.78 is 4.11. The minimum atomic E-state index is 0.741. The second kappa shape index (κ2) is 3.44. The standard InChI is InChI=1S/C9H7ClN2S/c1-6-11-9(13-12-6)7-2-4-8(10)5-3-7/h2-5H,1H3. The van der Waals surface area contributed by atoms with E-state index in [2.05, 4.69) is 9.36 Å². The van der Waals surface area contributed by atoms with Crippen LogP contribution in [0, 0.1) is 6.92 Å². The fourth-order valence-electron chi connectivity index (χ4n) is 1.01. The fourth-order valence-corrected chi connectivity index (χ4v) is 1.81. The van der Waals surface area contributed by atoms with Crippen LogP contribution < -0.4 is 0 Å². The quantitative estimate of drug-likeness (QED) is 0.723. The van der Waals surface area contributed by atoms with Crippen molar-refractivity contribution >= 4 is 23.1 Å². The van der Waals surface area contributed by atoms with Gasteiger partial charge in [-0.15, -0.1) is 0 Å². The highest BCUT2D eigenvalue weighted by Crippen LogP contribution is 2.22. The molecule has 0 aliphatic rings. The largest absolute Gasteiger partial charge is 0.220 e. The van der Waals surface area contributed by atoms with Crippen molar-refractivity contribution in [2.45, 2.75) is 6.92 Å². The number of hydrogen-bond donors (Lipinski definition) is 0. The van der Waals surface area contributed by atoms with Crippen LogP contribution in [0.15, 0.2) is 24.3 Å². The highest BCUT2D eigenvalue weighted by Gasteiger charge is 2.02. The summed E-state index contributed by atoms with van der Waals surface area (Å²) in [4.78, 5) is 4.27. The number of hydrogen-bond acceptors (Lipinski definition) is 3. The van der Waals surface area contributed by atoms with Crippen LogP contribution in [0.4, 0.5) is 0 Å². The first-order valence-electron chi connectivity index (χ1n) is 3.82. The number of rotatable bonds is 1. The minimum absolute atomic E-state index is 0.741. The average molecular weight is 211 g/mol. The van der Waals surface area contributed by atoms with Crippen molar-refractivity contribution in [2.24, 2.45) is 0 Å². The predicted molar refractivity (Wildman–Crippen MR) is 55.1 cm³/mol. The Morgan fingerprint density at radius 2 is 1.92 bits per heavy atom. The Morgan fingerprint density at radius 1 is 1.23 bits per heavy atom. The maximum absolute atomic E-state index is 5.77. The predicted octanol–water partition coefficient (Wildman–Crippen LogP) is 3.17. The van der Waals surface area contributed by atoms with E-state index in [-0.39, 0.29) is 0 Å². The number of halogens is 1. The molecule has 0 bridgehead atoms. The highest BCUT2D eigenvalue weighted by atomic mass is 35.5. The Morgan fingerprint density at radius 3 is 2.46 bits per heavy atom. The average Bonchev–Trinajstić information content (AvgIpc) is 2.53. The van der Waals surface area contributed by atoms with Crippen LogP contribution >= 0.6 is 23.1 Å². The third-order valence-corrected chi connectivity index (χ3v) is 2.73. The van der Waals surface area contributed by atoms with Crippen molar-refractivity contribution in [2.75, 3.05) is 0 Å². The molecule has 66 valence electrons. The SMILES string of the molecule is Cc1nsc(-c2ccc(Cl)cc2)n1. The summed E-state index contributed by atoms with van der Waals surface area (Å²) in [6.45, 7) is 1.88. The Hall–Kier alpha value is -0.930. The van der Waals surface area contributed by atoms with E-state index in [9.17, 15) is 0 Å². The zero-order valence-electron chi connectivity index (χ0n) is 6.99. The second-order valence-electron chi connectivity index (χ2n) is 2.65. The summed E-state index contributed by atoms with van der Waals surface area (Å²) in [5.41, 5.74) is 1.06. The van der Waals surface area contributed by atoms with Gasteiger partial charge in [0.2, 0.25) is 0 Å². The summed E-state index contributed by atoms with van der Waals surface area (Å²) in [6, 6.07) is 7.60. The Labute approximate surface area is 85.4 Å². The molecule has 0 N–H and O–H groups in total. The van der Waals surface area contributed by atoms with Crippen molar-refractivity contribution in [3.8, 4) is 10.6 Å².